The Morgan fingerprint density at radius 3 is 2.73 bits per heavy atom. The monoisotopic (exact) mass is 568 g/mol. The second-order valence-electron chi connectivity index (χ2n) is 9.62. The molecule has 1 aliphatic heterocycles. The molecule has 0 bridgehead atoms. The van der Waals surface area contributed by atoms with Gasteiger partial charge in [0.05, 0.1) is 33.0 Å². The minimum absolute atomic E-state index is 0.0937. The number of halogens is 2. The standard InChI is InChI=1S/C27H30F2N8O2S/c1-5-23(38)31-18-14-19(22(39-26(28)29)15-21(18)37-11-7-16(8-12-37)35(2)3)33-27-30-10-6-17(32-27)24-25-20(9-13-40-25)36(4)34-24/h5-6,9-10,13-16,26H,1,7-8,11-12H2,2-4H3,(H,31,38)(H,30,32,33). The lowest BCUT2D eigenvalue weighted by Gasteiger charge is -2.37. The number of hydrogen-bond donors (Lipinski definition) is 2. The van der Waals surface area contributed by atoms with Crippen LogP contribution in [0.1, 0.15) is 12.8 Å². The minimum Gasteiger partial charge on any atom is -0.433 e. The molecule has 1 saturated heterocycles. The number of nitrogens with zero attached hydrogens (tertiary/aromatic N) is 6. The van der Waals surface area contributed by atoms with Gasteiger partial charge in [-0.25, -0.2) is 9.97 Å². The molecule has 1 fully saturated rings. The molecule has 4 aromatic rings. The summed E-state index contributed by atoms with van der Waals surface area (Å²) < 4.78 is 34.7. The first-order chi connectivity index (χ1) is 19.2. The average molecular weight is 569 g/mol. The predicted octanol–water partition coefficient (Wildman–Crippen LogP) is 5.09. The largest absolute Gasteiger partial charge is 0.433 e. The van der Waals surface area contributed by atoms with Crippen LogP contribution in [-0.2, 0) is 11.8 Å². The number of ether oxygens (including phenoxy) is 1. The molecule has 4 heterocycles. The Morgan fingerprint density at radius 1 is 1.25 bits per heavy atom. The van der Waals surface area contributed by atoms with E-state index in [4.69, 9.17) is 4.74 Å². The van der Waals surface area contributed by atoms with Crippen molar-refractivity contribution in [1.29, 1.82) is 0 Å². The van der Waals surface area contributed by atoms with E-state index in [9.17, 15) is 13.6 Å². The number of carbonyl (C=O) groups is 1. The van der Waals surface area contributed by atoms with Crippen molar-refractivity contribution in [1.82, 2.24) is 24.6 Å². The molecule has 0 radical (unpaired) electrons. The average Bonchev–Trinajstić information content (AvgIpc) is 3.54. The van der Waals surface area contributed by atoms with Gasteiger partial charge in [-0.15, -0.1) is 11.3 Å². The summed E-state index contributed by atoms with van der Waals surface area (Å²) in [6, 6.07) is 7.20. The van der Waals surface area contributed by atoms with Crippen LogP contribution in [0.2, 0.25) is 0 Å². The van der Waals surface area contributed by atoms with Crippen LogP contribution in [0.3, 0.4) is 0 Å². The zero-order chi connectivity index (χ0) is 28.4. The van der Waals surface area contributed by atoms with E-state index in [1.807, 2.05) is 32.6 Å². The summed E-state index contributed by atoms with van der Waals surface area (Å²) >= 11 is 1.55. The van der Waals surface area contributed by atoms with E-state index in [1.165, 1.54) is 6.07 Å². The van der Waals surface area contributed by atoms with Crippen LogP contribution in [-0.4, -0.2) is 70.4 Å². The predicted molar refractivity (Wildman–Crippen MR) is 154 cm³/mol. The maximum absolute atomic E-state index is 13.5. The first-order valence-corrected chi connectivity index (χ1v) is 13.6. The van der Waals surface area contributed by atoms with Crippen molar-refractivity contribution >= 4 is 50.5 Å². The highest BCUT2D eigenvalue weighted by Crippen LogP contribution is 2.40. The normalized spacial score (nSPS) is 14.2. The minimum atomic E-state index is -3.06. The molecule has 0 atom stereocenters. The van der Waals surface area contributed by atoms with Gasteiger partial charge in [-0.1, -0.05) is 6.58 Å². The third kappa shape index (κ3) is 5.75. The highest BCUT2D eigenvalue weighted by atomic mass is 32.1. The number of piperidine rings is 1. The third-order valence-electron chi connectivity index (χ3n) is 6.90. The first kappa shape index (κ1) is 27.5. The van der Waals surface area contributed by atoms with Crippen molar-refractivity contribution in [2.45, 2.75) is 25.5 Å². The number of amides is 1. The highest BCUT2D eigenvalue weighted by molar-refractivity contribution is 7.17. The molecular formula is C27H30F2N8O2S. The van der Waals surface area contributed by atoms with Crippen LogP contribution in [0.4, 0.5) is 31.8 Å². The summed E-state index contributed by atoms with van der Waals surface area (Å²) in [6.45, 7) is 1.85. The van der Waals surface area contributed by atoms with Gasteiger partial charge in [0.2, 0.25) is 11.9 Å². The van der Waals surface area contributed by atoms with Crippen LogP contribution < -0.4 is 20.3 Å². The molecule has 5 rings (SSSR count). The van der Waals surface area contributed by atoms with Gasteiger partial charge in [0.1, 0.15) is 5.69 Å². The Labute approximate surface area is 234 Å². The molecule has 1 aromatic carbocycles. The Bertz CT molecular complexity index is 1530. The second kappa shape index (κ2) is 11.6. The van der Waals surface area contributed by atoms with Gasteiger partial charge in [-0.3, -0.25) is 9.48 Å². The molecule has 1 aliphatic rings. The smallest absolute Gasteiger partial charge is 0.387 e. The number of thiophene rings is 1. The number of hydrogen-bond acceptors (Lipinski definition) is 9. The Morgan fingerprint density at radius 2 is 2.02 bits per heavy atom. The Balaban J connectivity index is 1.51. The molecule has 1 amide bonds. The van der Waals surface area contributed by atoms with E-state index in [-0.39, 0.29) is 17.4 Å². The van der Waals surface area contributed by atoms with Crippen molar-refractivity contribution in [3.05, 3.63) is 48.5 Å². The molecular weight excluding hydrogens is 538 g/mol. The fraction of sp³-hybridized carbons (Fsp3) is 0.333. The molecule has 0 unspecified atom stereocenters. The summed E-state index contributed by atoms with van der Waals surface area (Å²) in [5.41, 5.74) is 3.43. The van der Waals surface area contributed by atoms with E-state index in [0.717, 1.165) is 29.1 Å². The van der Waals surface area contributed by atoms with Crippen molar-refractivity contribution < 1.29 is 18.3 Å². The Hall–Kier alpha value is -4.10. The van der Waals surface area contributed by atoms with Crippen LogP contribution in [0.25, 0.3) is 21.6 Å². The van der Waals surface area contributed by atoms with E-state index in [2.05, 4.69) is 42.1 Å². The fourth-order valence-electron chi connectivity index (χ4n) is 4.85. The summed E-state index contributed by atoms with van der Waals surface area (Å²) in [5.74, 6) is -0.359. The van der Waals surface area contributed by atoms with Gasteiger partial charge in [-0.05, 0) is 56.6 Å². The number of aryl methyl sites for hydroxylation is 1. The maximum Gasteiger partial charge on any atom is 0.387 e. The summed E-state index contributed by atoms with van der Waals surface area (Å²) in [5, 5.41) is 12.4. The quantitative estimate of drug-likeness (QED) is 0.269. The van der Waals surface area contributed by atoms with E-state index >= 15 is 0 Å². The van der Waals surface area contributed by atoms with E-state index in [1.54, 1.807) is 34.3 Å². The topological polar surface area (TPSA) is 100 Å². The molecule has 3 aromatic heterocycles. The highest BCUT2D eigenvalue weighted by Gasteiger charge is 2.25. The third-order valence-corrected chi connectivity index (χ3v) is 7.81. The van der Waals surface area contributed by atoms with Crippen LogP contribution in [0.5, 0.6) is 5.75 Å². The number of anilines is 4. The number of nitrogens with one attached hydrogen (secondary N) is 2. The lowest BCUT2D eigenvalue weighted by Crippen LogP contribution is -2.42. The fourth-order valence-corrected chi connectivity index (χ4v) is 5.76. The number of aromatic nitrogens is 4. The van der Waals surface area contributed by atoms with Crippen LogP contribution in [0.15, 0.2) is 48.5 Å². The molecule has 210 valence electrons. The zero-order valence-electron chi connectivity index (χ0n) is 22.4. The van der Waals surface area contributed by atoms with Gasteiger partial charge < -0.3 is 25.2 Å². The molecule has 0 spiro atoms. The Kier molecular flexibility index (Phi) is 7.94. The molecule has 0 saturated carbocycles. The summed E-state index contributed by atoms with van der Waals surface area (Å²) in [4.78, 5) is 25.4. The van der Waals surface area contributed by atoms with Gasteiger partial charge in [0.15, 0.2) is 5.75 Å². The molecule has 2 N–H and O–H groups in total. The number of carbonyl (C=O) groups excluding carboxylic acids is 1. The van der Waals surface area contributed by atoms with E-state index in [0.29, 0.717) is 41.9 Å². The number of alkyl halides is 2. The number of rotatable bonds is 9. The lowest BCUT2D eigenvalue weighted by molar-refractivity contribution is -0.111. The molecule has 0 aliphatic carbocycles. The SMILES string of the molecule is C=CC(=O)Nc1cc(Nc2nccc(-c3nn(C)c4ccsc34)n2)c(OC(F)F)cc1N1CCC(N(C)C)CC1. The van der Waals surface area contributed by atoms with Crippen molar-refractivity contribution in [2.24, 2.45) is 7.05 Å². The number of fused-ring (bicyclic) bond motifs is 1. The molecule has 10 nitrogen and oxygen atoms in total. The number of benzene rings is 1. The lowest BCUT2D eigenvalue weighted by atomic mass is 10.0. The second-order valence-corrected chi connectivity index (χ2v) is 10.5. The van der Waals surface area contributed by atoms with Gasteiger partial charge in [0, 0.05) is 38.4 Å². The molecule has 13 heteroatoms. The molecule has 40 heavy (non-hydrogen) atoms. The summed E-state index contributed by atoms with van der Waals surface area (Å²) in [7, 11) is 5.94. The zero-order valence-corrected chi connectivity index (χ0v) is 23.2. The van der Waals surface area contributed by atoms with Crippen molar-refractivity contribution in [3.8, 4) is 17.1 Å². The van der Waals surface area contributed by atoms with Crippen molar-refractivity contribution in [2.75, 3.05) is 42.7 Å². The first-order valence-electron chi connectivity index (χ1n) is 12.7. The van der Waals surface area contributed by atoms with Crippen LogP contribution >= 0.6 is 11.3 Å². The van der Waals surface area contributed by atoms with E-state index < -0.39 is 12.5 Å². The summed E-state index contributed by atoms with van der Waals surface area (Å²) in [6.07, 6.45) is 4.50. The maximum atomic E-state index is 13.5. The van der Waals surface area contributed by atoms with Gasteiger partial charge >= 0.3 is 6.61 Å². The van der Waals surface area contributed by atoms with Gasteiger partial charge in [0.25, 0.3) is 0 Å². The van der Waals surface area contributed by atoms with Gasteiger partial charge in [-0.2, -0.15) is 13.9 Å². The van der Waals surface area contributed by atoms with Crippen molar-refractivity contribution in [3.63, 3.8) is 0 Å². The van der Waals surface area contributed by atoms with Crippen LogP contribution in [0, 0.1) is 0 Å².